The monoisotopic (exact) mass is 566 g/mol. The molecule has 0 aromatic carbocycles. The Bertz CT molecular complexity index is 1320. The molecular formula is C30H39FN6O4. The van der Waals surface area contributed by atoms with Crippen molar-refractivity contribution in [2.75, 3.05) is 33.4 Å². The number of pyridine rings is 1. The van der Waals surface area contributed by atoms with Crippen LogP contribution in [0.15, 0.2) is 18.3 Å². The number of carbonyl (C=O) groups excluding carboxylic acids is 2. The lowest BCUT2D eigenvalue weighted by Gasteiger charge is -2.49. The molecule has 2 N–H and O–H groups in total. The SMILES string of the molecule is COc1cc(-c2cc(C(=O)N3CC[C@H](C(=O)NC4CCC5(CCCN5C5COC5)CC4)CC34CC4)n[nH]2)c(F)cn1. The fourth-order valence-electron chi connectivity index (χ4n) is 7.89. The molecule has 5 heterocycles. The summed E-state index contributed by atoms with van der Waals surface area (Å²) in [5.74, 6) is -0.371. The van der Waals surface area contributed by atoms with E-state index < -0.39 is 5.82 Å². The Morgan fingerprint density at radius 1 is 1.10 bits per heavy atom. The minimum Gasteiger partial charge on any atom is -0.481 e. The molecule has 2 saturated carbocycles. The summed E-state index contributed by atoms with van der Waals surface area (Å²) < 4.78 is 25.0. The molecule has 5 aliphatic rings. The molecule has 220 valence electrons. The summed E-state index contributed by atoms with van der Waals surface area (Å²) in [6.45, 7) is 3.43. The van der Waals surface area contributed by atoms with Crippen LogP contribution in [0.4, 0.5) is 4.39 Å². The summed E-state index contributed by atoms with van der Waals surface area (Å²) >= 11 is 0. The van der Waals surface area contributed by atoms with Gasteiger partial charge in [-0.2, -0.15) is 5.10 Å². The molecule has 0 bridgehead atoms. The maximum atomic E-state index is 14.4. The quantitative estimate of drug-likeness (QED) is 0.552. The molecule has 41 heavy (non-hydrogen) atoms. The largest absolute Gasteiger partial charge is 0.481 e. The van der Waals surface area contributed by atoms with Gasteiger partial charge in [0.15, 0.2) is 11.5 Å². The average Bonchev–Trinajstić information content (AvgIpc) is 3.35. The highest BCUT2D eigenvalue weighted by Gasteiger charge is 2.55. The molecule has 2 amide bonds. The molecule has 1 atom stereocenters. The van der Waals surface area contributed by atoms with Crippen LogP contribution < -0.4 is 10.1 Å². The second-order valence-electron chi connectivity index (χ2n) is 12.7. The molecule has 5 fully saturated rings. The van der Waals surface area contributed by atoms with Gasteiger partial charge in [-0.1, -0.05) is 0 Å². The Kier molecular flexibility index (Phi) is 6.77. The summed E-state index contributed by atoms with van der Waals surface area (Å²) in [6.07, 6.45) is 11.1. The van der Waals surface area contributed by atoms with Crippen LogP contribution in [0.2, 0.25) is 0 Å². The number of nitrogens with zero attached hydrogens (tertiary/aromatic N) is 4. The molecule has 2 aromatic heterocycles. The van der Waals surface area contributed by atoms with E-state index in [9.17, 15) is 14.0 Å². The van der Waals surface area contributed by atoms with E-state index in [1.54, 1.807) is 6.07 Å². The number of methoxy groups -OCH3 is 1. The smallest absolute Gasteiger partial charge is 0.274 e. The van der Waals surface area contributed by atoms with Crippen LogP contribution in [-0.4, -0.2) is 93.4 Å². The van der Waals surface area contributed by atoms with Crippen molar-refractivity contribution in [3.05, 3.63) is 29.8 Å². The number of ether oxygens (including phenoxy) is 2. The number of H-pyrrole nitrogens is 1. The first-order chi connectivity index (χ1) is 19.9. The first kappa shape index (κ1) is 26.8. The Balaban J connectivity index is 0.956. The van der Waals surface area contributed by atoms with Crippen molar-refractivity contribution in [1.82, 2.24) is 30.3 Å². The Morgan fingerprint density at radius 2 is 1.90 bits per heavy atom. The number of likely N-dealkylation sites (tertiary alicyclic amines) is 2. The van der Waals surface area contributed by atoms with Gasteiger partial charge in [-0.05, 0) is 76.8 Å². The van der Waals surface area contributed by atoms with Crippen LogP contribution in [0.5, 0.6) is 5.88 Å². The summed E-state index contributed by atoms with van der Waals surface area (Å²) in [5, 5.41) is 10.4. The van der Waals surface area contributed by atoms with E-state index in [1.165, 1.54) is 32.6 Å². The number of aromatic nitrogens is 3. The van der Waals surface area contributed by atoms with Gasteiger partial charge < -0.3 is 19.7 Å². The van der Waals surface area contributed by atoms with Gasteiger partial charge in [-0.15, -0.1) is 0 Å². The maximum Gasteiger partial charge on any atom is 0.274 e. The van der Waals surface area contributed by atoms with Gasteiger partial charge in [0.2, 0.25) is 11.8 Å². The molecule has 2 aromatic rings. The predicted molar refractivity (Wildman–Crippen MR) is 148 cm³/mol. The number of hydrogen-bond donors (Lipinski definition) is 2. The lowest BCUT2D eigenvalue weighted by Crippen LogP contribution is -2.59. The number of carbonyl (C=O) groups is 2. The standard InChI is InChI=1S/C30H39FN6O4/c1-40-26-13-22(23(31)16-32-26)24-14-25(35-34-24)28(39)37-12-5-19(15-30(37)9-10-30)27(38)33-20-3-7-29(8-4-20)6-2-11-36(29)21-17-41-18-21/h13-14,16,19-21H,2-12,15,17-18H2,1H3,(H,33,38)(H,34,35)/t19-,20?,29?/m0/s1. The fraction of sp³-hybridized carbons (Fsp3) is 0.667. The number of nitrogens with one attached hydrogen (secondary N) is 2. The first-order valence-electron chi connectivity index (χ1n) is 15.1. The number of rotatable bonds is 6. The van der Waals surface area contributed by atoms with Crippen LogP contribution in [0.3, 0.4) is 0 Å². The molecule has 7 rings (SSSR count). The Hall–Kier alpha value is -3.05. The van der Waals surface area contributed by atoms with Gasteiger partial charge in [-0.3, -0.25) is 19.6 Å². The van der Waals surface area contributed by atoms with Crippen molar-refractivity contribution in [2.24, 2.45) is 5.92 Å². The Morgan fingerprint density at radius 3 is 2.61 bits per heavy atom. The third-order valence-electron chi connectivity index (χ3n) is 10.4. The van der Waals surface area contributed by atoms with Gasteiger partial charge in [-0.25, -0.2) is 9.37 Å². The number of piperidine rings is 1. The van der Waals surface area contributed by atoms with Gasteiger partial charge in [0, 0.05) is 41.2 Å². The second kappa shape index (κ2) is 10.3. The maximum absolute atomic E-state index is 14.4. The van der Waals surface area contributed by atoms with E-state index in [0.29, 0.717) is 36.7 Å². The molecular weight excluding hydrogens is 527 g/mol. The first-order valence-corrected chi connectivity index (χ1v) is 15.1. The number of hydrogen-bond acceptors (Lipinski definition) is 7. The van der Waals surface area contributed by atoms with Gasteiger partial charge in [0.05, 0.1) is 38.3 Å². The third kappa shape index (κ3) is 4.80. The van der Waals surface area contributed by atoms with Crippen LogP contribution in [0.1, 0.15) is 74.7 Å². The molecule has 2 spiro atoms. The zero-order chi connectivity index (χ0) is 28.2. The summed E-state index contributed by atoms with van der Waals surface area (Å²) in [5.41, 5.74) is 0.900. The molecule has 3 saturated heterocycles. The minimum absolute atomic E-state index is 0.0827. The van der Waals surface area contributed by atoms with Gasteiger partial charge in [0.25, 0.3) is 5.91 Å². The van der Waals surface area contributed by atoms with Crippen LogP contribution in [-0.2, 0) is 9.53 Å². The van der Waals surface area contributed by atoms with E-state index in [1.807, 2.05) is 4.90 Å². The highest BCUT2D eigenvalue weighted by atomic mass is 19.1. The molecule has 0 unspecified atom stereocenters. The topological polar surface area (TPSA) is 113 Å². The van der Waals surface area contributed by atoms with Crippen molar-refractivity contribution in [2.45, 2.75) is 87.4 Å². The molecule has 11 heteroatoms. The van der Waals surface area contributed by atoms with Crippen LogP contribution >= 0.6 is 0 Å². The van der Waals surface area contributed by atoms with Crippen molar-refractivity contribution in [3.8, 4) is 17.1 Å². The third-order valence-corrected chi connectivity index (χ3v) is 10.4. The van der Waals surface area contributed by atoms with Crippen LogP contribution in [0, 0.1) is 11.7 Å². The lowest BCUT2D eigenvalue weighted by molar-refractivity contribution is -0.129. The van der Waals surface area contributed by atoms with E-state index >= 15 is 0 Å². The van der Waals surface area contributed by atoms with Crippen molar-refractivity contribution in [3.63, 3.8) is 0 Å². The highest BCUT2D eigenvalue weighted by Crippen LogP contribution is 2.51. The fourth-order valence-corrected chi connectivity index (χ4v) is 7.89. The molecule has 2 aliphatic carbocycles. The second-order valence-corrected chi connectivity index (χ2v) is 12.7. The zero-order valence-corrected chi connectivity index (χ0v) is 23.7. The average molecular weight is 567 g/mol. The van der Waals surface area contributed by atoms with Gasteiger partial charge >= 0.3 is 0 Å². The van der Waals surface area contributed by atoms with Crippen molar-refractivity contribution >= 4 is 11.8 Å². The number of aromatic amines is 1. The minimum atomic E-state index is -0.527. The number of halogens is 1. The molecule has 10 nitrogen and oxygen atoms in total. The Labute approximate surface area is 239 Å². The number of amides is 2. The van der Waals surface area contributed by atoms with Crippen LogP contribution in [0.25, 0.3) is 11.3 Å². The summed E-state index contributed by atoms with van der Waals surface area (Å²) in [6, 6.07) is 3.87. The highest BCUT2D eigenvalue weighted by molar-refractivity contribution is 5.94. The molecule has 3 aliphatic heterocycles. The van der Waals surface area contributed by atoms with Crippen molar-refractivity contribution in [1.29, 1.82) is 0 Å². The predicted octanol–water partition coefficient (Wildman–Crippen LogP) is 3.30. The normalized spacial score (nSPS) is 29.5. The van der Waals surface area contributed by atoms with Gasteiger partial charge in [0.1, 0.15) is 0 Å². The zero-order valence-electron chi connectivity index (χ0n) is 23.7. The lowest BCUT2D eigenvalue weighted by atomic mass is 9.76. The molecule has 0 radical (unpaired) electrons. The summed E-state index contributed by atoms with van der Waals surface area (Å²) in [7, 11) is 1.46. The van der Waals surface area contributed by atoms with E-state index in [0.717, 1.165) is 57.9 Å². The van der Waals surface area contributed by atoms with E-state index in [-0.39, 0.29) is 46.5 Å². The summed E-state index contributed by atoms with van der Waals surface area (Å²) in [4.78, 5) is 35.4. The van der Waals surface area contributed by atoms with E-state index in [2.05, 4.69) is 25.4 Å². The van der Waals surface area contributed by atoms with E-state index in [4.69, 9.17) is 9.47 Å². The van der Waals surface area contributed by atoms with Crippen molar-refractivity contribution < 1.29 is 23.5 Å².